The van der Waals surface area contributed by atoms with E-state index in [1.54, 1.807) is 11.8 Å². The lowest BCUT2D eigenvalue weighted by Gasteiger charge is -2.29. The molecular weight excluding hydrogens is 456 g/mol. The number of carbonyl (C=O) groups excluding carboxylic acids is 2. The van der Waals surface area contributed by atoms with Gasteiger partial charge in [-0.15, -0.1) is 0 Å². The highest BCUT2D eigenvalue weighted by atomic mass is 79.9. The van der Waals surface area contributed by atoms with Crippen LogP contribution < -0.4 is 10.1 Å². The number of nitrogens with one attached hydrogen (secondary N) is 1. The van der Waals surface area contributed by atoms with Gasteiger partial charge in [0, 0.05) is 13.1 Å². The highest BCUT2D eigenvalue weighted by molar-refractivity contribution is 9.10. The summed E-state index contributed by atoms with van der Waals surface area (Å²) in [5.41, 5.74) is 3.28. The molecule has 0 aromatic heterocycles. The Bertz CT molecular complexity index is 898. The van der Waals surface area contributed by atoms with Crippen LogP contribution >= 0.6 is 15.9 Å². The van der Waals surface area contributed by atoms with Crippen molar-refractivity contribution in [3.63, 3.8) is 0 Å². The quantitative estimate of drug-likeness (QED) is 0.499. The SMILES string of the molecule is CCCNC(=O)[C@H](C)N(Cc1cccc(C)c1)C(=O)COc1ccc(C(C)C)cc1Br. The van der Waals surface area contributed by atoms with Crippen molar-refractivity contribution in [2.75, 3.05) is 13.2 Å². The van der Waals surface area contributed by atoms with Crippen molar-refractivity contribution in [2.45, 2.75) is 59.5 Å². The summed E-state index contributed by atoms with van der Waals surface area (Å²) in [5.74, 6) is 0.612. The van der Waals surface area contributed by atoms with Crippen molar-refractivity contribution >= 4 is 27.7 Å². The van der Waals surface area contributed by atoms with E-state index < -0.39 is 6.04 Å². The second kappa shape index (κ2) is 11.9. The van der Waals surface area contributed by atoms with Crippen LogP contribution in [-0.2, 0) is 16.1 Å². The van der Waals surface area contributed by atoms with Gasteiger partial charge < -0.3 is 15.0 Å². The maximum atomic E-state index is 13.1. The summed E-state index contributed by atoms with van der Waals surface area (Å²) in [6, 6.07) is 13.2. The fourth-order valence-electron chi connectivity index (χ4n) is 3.20. The topological polar surface area (TPSA) is 58.6 Å². The van der Waals surface area contributed by atoms with Crippen molar-refractivity contribution in [1.82, 2.24) is 10.2 Å². The van der Waals surface area contributed by atoms with Crippen LogP contribution in [0.2, 0.25) is 0 Å². The number of hydrogen-bond donors (Lipinski definition) is 1. The summed E-state index contributed by atoms with van der Waals surface area (Å²) in [7, 11) is 0. The molecule has 31 heavy (non-hydrogen) atoms. The minimum atomic E-state index is -0.602. The van der Waals surface area contributed by atoms with Gasteiger partial charge in [0.05, 0.1) is 4.47 Å². The first-order valence-corrected chi connectivity index (χ1v) is 11.6. The van der Waals surface area contributed by atoms with Crippen LogP contribution in [0.25, 0.3) is 0 Å². The molecule has 0 unspecified atom stereocenters. The predicted molar refractivity (Wildman–Crippen MR) is 128 cm³/mol. The lowest BCUT2D eigenvalue weighted by molar-refractivity contribution is -0.142. The van der Waals surface area contributed by atoms with Gasteiger partial charge in [-0.25, -0.2) is 0 Å². The third-order valence-corrected chi connectivity index (χ3v) is 5.75. The van der Waals surface area contributed by atoms with Gasteiger partial charge in [-0.05, 0) is 65.4 Å². The van der Waals surface area contributed by atoms with E-state index in [-0.39, 0.29) is 18.4 Å². The Labute approximate surface area is 194 Å². The fraction of sp³-hybridized carbons (Fsp3) is 0.440. The number of nitrogens with zero attached hydrogens (tertiary/aromatic N) is 1. The lowest BCUT2D eigenvalue weighted by Crippen LogP contribution is -2.49. The summed E-state index contributed by atoms with van der Waals surface area (Å²) in [6.07, 6.45) is 0.841. The van der Waals surface area contributed by atoms with Gasteiger partial charge in [-0.3, -0.25) is 9.59 Å². The van der Waals surface area contributed by atoms with Gasteiger partial charge in [0.1, 0.15) is 11.8 Å². The third-order valence-electron chi connectivity index (χ3n) is 5.13. The molecule has 0 saturated carbocycles. The Morgan fingerprint density at radius 1 is 1.13 bits per heavy atom. The molecule has 0 radical (unpaired) electrons. The molecule has 2 aromatic rings. The van der Waals surface area contributed by atoms with Crippen LogP contribution in [0.3, 0.4) is 0 Å². The zero-order valence-corrected chi connectivity index (χ0v) is 20.7. The van der Waals surface area contributed by atoms with Crippen molar-refractivity contribution in [3.05, 3.63) is 63.6 Å². The van der Waals surface area contributed by atoms with E-state index >= 15 is 0 Å². The second-order valence-corrected chi connectivity index (χ2v) is 8.97. The number of carbonyl (C=O) groups is 2. The number of amides is 2. The minimum Gasteiger partial charge on any atom is -0.483 e. The molecule has 0 fully saturated rings. The molecule has 0 aliphatic heterocycles. The van der Waals surface area contributed by atoms with Crippen molar-refractivity contribution in [2.24, 2.45) is 0 Å². The predicted octanol–water partition coefficient (Wildman–Crippen LogP) is 5.20. The lowest BCUT2D eigenvalue weighted by atomic mass is 10.0. The van der Waals surface area contributed by atoms with Gasteiger partial charge >= 0.3 is 0 Å². The van der Waals surface area contributed by atoms with Gasteiger partial charge in [0.15, 0.2) is 6.61 Å². The number of halogens is 1. The number of hydrogen-bond acceptors (Lipinski definition) is 3. The van der Waals surface area contributed by atoms with Crippen LogP contribution in [-0.4, -0.2) is 35.9 Å². The molecule has 5 nitrogen and oxygen atoms in total. The Balaban J connectivity index is 2.16. The molecule has 1 atom stereocenters. The highest BCUT2D eigenvalue weighted by Crippen LogP contribution is 2.29. The number of benzene rings is 2. The van der Waals surface area contributed by atoms with E-state index in [4.69, 9.17) is 4.74 Å². The van der Waals surface area contributed by atoms with E-state index in [1.807, 2.05) is 56.3 Å². The fourth-order valence-corrected chi connectivity index (χ4v) is 3.71. The first kappa shape index (κ1) is 24.9. The average molecular weight is 489 g/mol. The molecule has 0 saturated heterocycles. The summed E-state index contributed by atoms with van der Waals surface area (Å²) >= 11 is 3.53. The molecule has 0 heterocycles. The maximum absolute atomic E-state index is 13.1. The van der Waals surface area contributed by atoms with Gasteiger partial charge in [-0.2, -0.15) is 0 Å². The Morgan fingerprint density at radius 2 is 1.87 bits per heavy atom. The Kier molecular flexibility index (Phi) is 9.56. The van der Waals surface area contributed by atoms with Gasteiger partial charge in [-0.1, -0.05) is 56.7 Å². The number of aryl methyl sites for hydroxylation is 1. The van der Waals surface area contributed by atoms with Crippen molar-refractivity contribution < 1.29 is 14.3 Å². The van der Waals surface area contributed by atoms with Crippen LogP contribution in [0.4, 0.5) is 0 Å². The van der Waals surface area contributed by atoms with Crippen LogP contribution in [0.15, 0.2) is 46.9 Å². The monoisotopic (exact) mass is 488 g/mol. The molecule has 0 aliphatic rings. The van der Waals surface area contributed by atoms with Crippen LogP contribution in [0, 0.1) is 6.92 Å². The summed E-state index contributed by atoms with van der Waals surface area (Å²) < 4.78 is 6.63. The van der Waals surface area contributed by atoms with Gasteiger partial charge in [0.2, 0.25) is 5.91 Å². The molecule has 0 aliphatic carbocycles. The van der Waals surface area contributed by atoms with Gasteiger partial charge in [0.25, 0.3) is 5.91 Å². The summed E-state index contributed by atoms with van der Waals surface area (Å²) in [6.45, 7) is 10.8. The highest BCUT2D eigenvalue weighted by Gasteiger charge is 2.26. The first-order chi connectivity index (χ1) is 14.7. The molecular formula is C25H33BrN2O3. The average Bonchev–Trinajstić information content (AvgIpc) is 2.74. The maximum Gasteiger partial charge on any atom is 0.261 e. The minimum absolute atomic E-state index is 0.142. The largest absolute Gasteiger partial charge is 0.483 e. The van der Waals surface area contributed by atoms with Crippen LogP contribution in [0.1, 0.15) is 56.7 Å². The zero-order chi connectivity index (χ0) is 23.0. The molecule has 2 aromatic carbocycles. The second-order valence-electron chi connectivity index (χ2n) is 8.11. The first-order valence-electron chi connectivity index (χ1n) is 10.8. The van der Waals surface area contributed by atoms with E-state index in [1.165, 1.54) is 5.56 Å². The molecule has 0 bridgehead atoms. The zero-order valence-electron chi connectivity index (χ0n) is 19.1. The Morgan fingerprint density at radius 3 is 2.48 bits per heavy atom. The van der Waals surface area contributed by atoms with E-state index in [2.05, 4.69) is 35.1 Å². The summed E-state index contributed by atoms with van der Waals surface area (Å²) in [5, 5.41) is 2.88. The standard InChI is InChI=1S/C25H33BrN2O3/c1-6-12-27-25(30)19(5)28(15-20-9-7-8-18(4)13-20)24(29)16-31-23-11-10-21(17(2)3)14-22(23)26/h7-11,13-14,17,19H,6,12,15-16H2,1-5H3,(H,27,30)/t19-/m0/s1. The Hall–Kier alpha value is -2.34. The normalized spacial score (nSPS) is 11.8. The molecule has 0 spiro atoms. The number of rotatable bonds is 10. The molecule has 2 rings (SSSR count). The number of ether oxygens (including phenoxy) is 1. The summed E-state index contributed by atoms with van der Waals surface area (Å²) in [4.78, 5) is 27.3. The third kappa shape index (κ3) is 7.39. The van der Waals surface area contributed by atoms with Crippen LogP contribution in [0.5, 0.6) is 5.75 Å². The molecule has 6 heteroatoms. The molecule has 1 N–H and O–H groups in total. The van der Waals surface area contributed by atoms with E-state index in [0.29, 0.717) is 24.8 Å². The smallest absolute Gasteiger partial charge is 0.261 e. The van der Waals surface area contributed by atoms with E-state index in [9.17, 15) is 9.59 Å². The molecule has 168 valence electrons. The van der Waals surface area contributed by atoms with E-state index in [0.717, 1.165) is 22.0 Å². The van der Waals surface area contributed by atoms with Crippen molar-refractivity contribution in [3.8, 4) is 5.75 Å². The molecule has 2 amide bonds. The van der Waals surface area contributed by atoms with Crippen molar-refractivity contribution in [1.29, 1.82) is 0 Å².